The molecule has 5 heteroatoms. The highest BCUT2D eigenvalue weighted by molar-refractivity contribution is 5.77. The summed E-state index contributed by atoms with van der Waals surface area (Å²) in [4.78, 5) is 23.7. The summed E-state index contributed by atoms with van der Waals surface area (Å²) in [7, 11) is 0. The molecule has 0 fully saturated rings. The van der Waals surface area contributed by atoms with Crippen LogP contribution < -0.4 is 16.1 Å². The van der Waals surface area contributed by atoms with E-state index in [1.165, 1.54) is 15.7 Å². The second-order valence-electron chi connectivity index (χ2n) is 5.77. The Labute approximate surface area is 139 Å². The average Bonchev–Trinajstić information content (AvgIpc) is 2.57. The minimum Gasteiger partial charge on any atom is -0.494 e. The predicted molar refractivity (Wildman–Crippen MR) is 92.8 cm³/mol. The molecule has 0 aliphatic carbocycles. The molecule has 0 radical (unpaired) electrons. The van der Waals surface area contributed by atoms with Gasteiger partial charge in [0, 0.05) is 6.54 Å². The quantitative estimate of drug-likeness (QED) is 0.677. The van der Waals surface area contributed by atoms with Crippen molar-refractivity contribution in [2.45, 2.75) is 26.8 Å². The molecule has 0 N–H and O–H groups in total. The lowest BCUT2D eigenvalue weighted by atomic mass is 10.1. The minimum absolute atomic E-state index is 0.409. The Morgan fingerprint density at radius 2 is 1.83 bits per heavy atom. The third-order valence-electron chi connectivity index (χ3n) is 4.09. The highest BCUT2D eigenvalue weighted by Gasteiger charge is 2.08. The van der Waals surface area contributed by atoms with Gasteiger partial charge in [-0.1, -0.05) is 18.2 Å². The number of aromatic nitrogens is 1. The van der Waals surface area contributed by atoms with Crippen LogP contribution in [-0.4, -0.2) is 11.2 Å². The van der Waals surface area contributed by atoms with Gasteiger partial charge in [0.05, 0.1) is 17.5 Å². The molecule has 1 aromatic heterocycles. The summed E-state index contributed by atoms with van der Waals surface area (Å²) >= 11 is 0. The number of benzene rings is 2. The number of rotatable bonds is 5. The Balaban J connectivity index is 1.71. The molecule has 0 saturated heterocycles. The van der Waals surface area contributed by atoms with Gasteiger partial charge in [0.2, 0.25) is 0 Å². The number of ether oxygens (including phenoxy) is 1. The number of fused-ring (bicyclic) bond motifs is 1. The molecule has 0 amide bonds. The third-order valence-corrected chi connectivity index (χ3v) is 4.09. The fraction of sp³-hybridized carbons (Fsp3) is 0.263. The molecule has 2 aromatic carbocycles. The largest absolute Gasteiger partial charge is 0.494 e. The van der Waals surface area contributed by atoms with E-state index in [-0.39, 0.29) is 0 Å². The fourth-order valence-electron chi connectivity index (χ4n) is 2.60. The van der Waals surface area contributed by atoms with Gasteiger partial charge in [-0.15, -0.1) is 0 Å². The zero-order valence-corrected chi connectivity index (χ0v) is 13.7. The van der Waals surface area contributed by atoms with Crippen LogP contribution in [-0.2, 0) is 6.54 Å². The van der Waals surface area contributed by atoms with Crippen molar-refractivity contribution in [2.75, 3.05) is 6.61 Å². The molecule has 0 unspecified atom stereocenters. The molecule has 124 valence electrons. The van der Waals surface area contributed by atoms with E-state index >= 15 is 0 Å². The van der Waals surface area contributed by atoms with Crippen LogP contribution >= 0.6 is 0 Å². The Bertz CT molecular complexity index is 985. The SMILES string of the molecule is Cc1ccc(OCCCn2c(=O)oc(=O)c3ccccc32)cc1C. The second-order valence-corrected chi connectivity index (χ2v) is 5.77. The first kappa shape index (κ1) is 16.1. The zero-order chi connectivity index (χ0) is 17.1. The van der Waals surface area contributed by atoms with Crippen molar-refractivity contribution in [2.24, 2.45) is 0 Å². The monoisotopic (exact) mass is 325 g/mol. The van der Waals surface area contributed by atoms with Gasteiger partial charge in [-0.05, 0) is 55.7 Å². The average molecular weight is 325 g/mol. The molecule has 0 spiro atoms. The normalized spacial score (nSPS) is 10.9. The molecule has 0 saturated carbocycles. The fourth-order valence-corrected chi connectivity index (χ4v) is 2.60. The Morgan fingerprint density at radius 1 is 1.04 bits per heavy atom. The first-order chi connectivity index (χ1) is 11.6. The van der Waals surface area contributed by atoms with E-state index in [9.17, 15) is 9.59 Å². The molecule has 0 aliphatic heterocycles. The van der Waals surface area contributed by atoms with Gasteiger partial charge in [-0.3, -0.25) is 4.57 Å². The smallest absolute Gasteiger partial charge is 0.422 e. The predicted octanol–water partition coefficient (Wildman–Crippen LogP) is 3.04. The van der Waals surface area contributed by atoms with E-state index in [0.717, 1.165) is 5.75 Å². The van der Waals surface area contributed by atoms with E-state index in [4.69, 9.17) is 9.15 Å². The summed E-state index contributed by atoms with van der Waals surface area (Å²) in [5, 5.41) is 0.409. The molecule has 3 aromatic rings. The van der Waals surface area contributed by atoms with E-state index in [0.29, 0.717) is 30.5 Å². The van der Waals surface area contributed by atoms with Gasteiger partial charge in [-0.2, -0.15) is 0 Å². The summed E-state index contributed by atoms with van der Waals surface area (Å²) in [6.07, 6.45) is 0.630. The van der Waals surface area contributed by atoms with Crippen molar-refractivity contribution >= 4 is 10.9 Å². The first-order valence-corrected chi connectivity index (χ1v) is 7.89. The summed E-state index contributed by atoms with van der Waals surface area (Å²) in [5.74, 6) is 0.180. The zero-order valence-electron chi connectivity index (χ0n) is 13.7. The molecule has 0 aliphatic rings. The maximum Gasteiger partial charge on any atom is 0.422 e. The molecule has 24 heavy (non-hydrogen) atoms. The van der Waals surface area contributed by atoms with Gasteiger partial charge in [0.25, 0.3) is 0 Å². The van der Waals surface area contributed by atoms with Crippen LogP contribution in [0.25, 0.3) is 10.9 Å². The number of hydrogen-bond donors (Lipinski definition) is 0. The van der Waals surface area contributed by atoms with Crippen molar-refractivity contribution in [1.82, 2.24) is 4.57 Å². The first-order valence-electron chi connectivity index (χ1n) is 7.89. The Morgan fingerprint density at radius 3 is 2.62 bits per heavy atom. The summed E-state index contributed by atoms with van der Waals surface area (Å²) < 4.78 is 12.0. The Kier molecular flexibility index (Phi) is 4.51. The Hall–Kier alpha value is -2.82. The lowest BCUT2D eigenvalue weighted by Gasteiger charge is -2.10. The number of nitrogens with zero attached hydrogens (tertiary/aromatic N) is 1. The van der Waals surface area contributed by atoms with Crippen molar-refractivity contribution in [3.8, 4) is 5.75 Å². The van der Waals surface area contributed by atoms with Crippen LogP contribution in [0.15, 0.2) is 56.5 Å². The summed E-state index contributed by atoms with van der Waals surface area (Å²) in [6.45, 7) is 5.00. The van der Waals surface area contributed by atoms with Crippen LogP contribution in [0.4, 0.5) is 0 Å². The van der Waals surface area contributed by atoms with E-state index < -0.39 is 11.4 Å². The van der Waals surface area contributed by atoms with Crippen molar-refractivity contribution < 1.29 is 9.15 Å². The maximum atomic E-state index is 12.0. The number of aryl methyl sites for hydroxylation is 3. The molecule has 3 rings (SSSR count). The summed E-state index contributed by atoms with van der Waals surface area (Å²) in [5.41, 5.74) is 2.39. The molecule has 5 nitrogen and oxygen atoms in total. The van der Waals surface area contributed by atoms with Crippen LogP contribution in [0.1, 0.15) is 17.5 Å². The van der Waals surface area contributed by atoms with E-state index in [1.54, 1.807) is 24.3 Å². The molecular weight excluding hydrogens is 306 g/mol. The van der Waals surface area contributed by atoms with Crippen LogP contribution in [0.3, 0.4) is 0 Å². The highest BCUT2D eigenvalue weighted by Crippen LogP contribution is 2.16. The lowest BCUT2D eigenvalue weighted by molar-refractivity contribution is 0.296. The highest BCUT2D eigenvalue weighted by atomic mass is 16.5. The van der Waals surface area contributed by atoms with Gasteiger partial charge < -0.3 is 9.15 Å². The van der Waals surface area contributed by atoms with Gasteiger partial charge in [-0.25, -0.2) is 9.59 Å². The van der Waals surface area contributed by atoms with Crippen LogP contribution in [0, 0.1) is 13.8 Å². The minimum atomic E-state index is -0.634. The van der Waals surface area contributed by atoms with Gasteiger partial charge in [0.1, 0.15) is 5.75 Å². The van der Waals surface area contributed by atoms with Crippen LogP contribution in [0.2, 0.25) is 0 Å². The van der Waals surface area contributed by atoms with E-state index in [1.807, 2.05) is 25.1 Å². The van der Waals surface area contributed by atoms with Crippen molar-refractivity contribution in [1.29, 1.82) is 0 Å². The maximum absolute atomic E-state index is 12.0. The van der Waals surface area contributed by atoms with Gasteiger partial charge in [0.15, 0.2) is 0 Å². The molecule has 0 bridgehead atoms. The third kappa shape index (κ3) is 3.25. The molecule has 1 heterocycles. The second kappa shape index (κ2) is 6.74. The summed E-state index contributed by atoms with van der Waals surface area (Å²) in [6, 6.07) is 12.9. The van der Waals surface area contributed by atoms with Crippen LogP contribution in [0.5, 0.6) is 5.75 Å². The van der Waals surface area contributed by atoms with Gasteiger partial charge >= 0.3 is 11.4 Å². The number of para-hydroxylation sites is 1. The van der Waals surface area contributed by atoms with Crippen molar-refractivity contribution in [3.05, 3.63) is 74.6 Å². The molecule has 0 atom stereocenters. The van der Waals surface area contributed by atoms with Crippen molar-refractivity contribution in [3.63, 3.8) is 0 Å². The standard InChI is InChI=1S/C19H19NO4/c1-13-8-9-15(12-14(13)2)23-11-5-10-20-17-7-4-3-6-16(17)18(21)24-19(20)22/h3-4,6-9,12H,5,10-11H2,1-2H3. The molecular formula is C19H19NO4. The lowest BCUT2D eigenvalue weighted by Crippen LogP contribution is -2.25. The topological polar surface area (TPSA) is 61.4 Å². The number of hydrogen-bond acceptors (Lipinski definition) is 4. The van der Waals surface area contributed by atoms with E-state index in [2.05, 4.69) is 6.92 Å².